The van der Waals surface area contributed by atoms with E-state index in [0.717, 1.165) is 10.6 Å². The van der Waals surface area contributed by atoms with Crippen LogP contribution in [0.4, 0.5) is 11.4 Å². The maximum atomic E-state index is 12.1. The second-order valence-corrected chi connectivity index (χ2v) is 5.02. The van der Waals surface area contributed by atoms with Crippen LogP contribution in [-0.2, 0) is 0 Å². The number of nitrogens with one attached hydrogen (secondary N) is 1. The van der Waals surface area contributed by atoms with Gasteiger partial charge < -0.3 is 15.8 Å². The zero-order chi connectivity index (χ0) is 14.5. The van der Waals surface area contributed by atoms with E-state index in [4.69, 9.17) is 10.5 Å². The molecule has 1 amide bonds. The van der Waals surface area contributed by atoms with E-state index in [9.17, 15) is 4.79 Å². The molecule has 0 radical (unpaired) electrons. The predicted octanol–water partition coefficient (Wildman–Crippen LogP) is 3.25. The molecule has 20 heavy (non-hydrogen) atoms. The van der Waals surface area contributed by atoms with Crippen LogP contribution >= 0.6 is 11.8 Å². The van der Waals surface area contributed by atoms with Crippen molar-refractivity contribution >= 4 is 29.0 Å². The minimum Gasteiger partial charge on any atom is -0.495 e. The van der Waals surface area contributed by atoms with E-state index >= 15 is 0 Å². The summed E-state index contributed by atoms with van der Waals surface area (Å²) in [4.78, 5) is 13.3. The predicted molar refractivity (Wildman–Crippen MR) is 83.6 cm³/mol. The summed E-state index contributed by atoms with van der Waals surface area (Å²) in [6.45, 7) is 0. The van der Waals surface area contributed by atoms with Crippen molar-refractivity contribution in [3.63, 3.8) is 0 Å². The van der Waals surface area contributed by atoms with Crippen molar-refractivity contribution in [2.24, 2.45) is 0 Å². The Balaban J connectivity index is 2.14. The van der Waals surface area contributed by atoms with Gasteiger partial charge in [-0.25, -0.2) is 0 Å². The van der Waals surface area contributed by atoms with Crippen LogP contribution in [0.15, 0.2) is 47.4 Å². The Morgan fingerprint density at radius 3 is 2.50 bits per heavy atom. The largest absolute Gasteiger partial charge is 0.495 e. The van der Waals surface area contributed by atoms with Crippen LogP contribution in [0, 0.1) is 0 Å². The lowest BCUT2D eigenvalue weighted by atomic mass is 10.1. The molecule has 0 aliphatic heterocycles. The van der Waals surface area contributed by atoms with Gasteiger partial charge in [-0.2, -0.15) is 0 Å². The summed E-state index contributed by atoms with van der Waals surface area (Å²) in [6.07, 6.45) is 2.01. The van der Waals surface area contributed by atoms with Crippen LogP contribution in [0.25, 0.3) is 0 Å². The lowest BCUT2D eigenvalue weighted by Gasteiger charge is -2.09. The average molecular weight is 288 g/mol. The molecule has 104 valence electrons. The van der Waals surface area contributed by atoms with E-state index in [1.54, 1.807) is 30.0 Å². The van der Waals surface area contributed by atoms with Gasteiger partial charge in [0.05, 0.1) is 12.8 Å². The second-order valence-electron chi connectivity index (χ2n) is 4.14. The molecule has 0 bridgehead atoms. The summed E-state index contributed by atoms with van der Waals surface area (Å²) in [6, 6.07) is 12.6. The standard InChI is InChI=1S/C15H16N2O2S/c1-19-14-9-10(3-8-13(14)16)15(18)17-11-4-6-12(20-2)7-5-11/h3-9H,16H2,1-2H3,(H,17,18). The molecule has 0 unspecified atom stereocenters. The van der Waals surface area contributed by atoms with Gasteiger partial charge in [-0.05, 0) is 48.7 Å². The molecule has 0 aromatic heterocycles. The molecule has 4 nitrogen and oxygen atoms in total. The van der Waals surface area contributed by atoms with E-state index in [2.05, 4.69) is 5.32 Å². The van der Waals surface area contributed by atoms with Crippen LogP contribution in [-0.4, -0.2) is 19.3 Å². The quantitative estimate of drug-likeness (QED) is 0.669. The molecular weight excluding hydrogens is 272 g/mol. The summed E-state index contributed by atoms with van der Waals surface area (Å²) in [5, 5.41) is 2.84. The number of hydrogen-bond donors (Lipinski definition) is 2. The summed E-state index contributed by atoms with van der Waals surface area (Å²) >= 11 is 1.66. The van der Waals surface area contributed by atoms with Crippen LogP contribution < -0.4 is 15.8 Å². The maximum Gasteiger partial charge on any atom is 0.255 e. The third-order valence-corrected chi connectivity index (χ3v) is 3.59. The first kappa shape index (κ1) is 14.3. The molecule has 2 aromatic carbocycles. The van der Waals surface area contributed by atoms with Crippen LogP contribution in [0.3, 0.4) is 0 Å². The molecule has 0 atom stereocenters. The Hall–Kier alpha value is -2.14. The number of nitrogens with two attached hydrogens (primary N) is 1. The number of thioether (sulfide) groups is 1. The Morgan fingerprint density at radius 2 is 1.90 bits per heavy atom. The highest BCUT2D eigenvalue weighted by atomic mass is 32.2. The summed E-state index contributed by atoms with van der Waals surface area (Å²) in [5.74, 6) is 0.301. The third-order valence-electron chi connectivity index (χ3n) is 2.84. The topological polar surface area (TPSA) is 64.3 Å². The van der Waals surface area contributed by atoms with Gasteiger partial charge in [0.15, 0.2) is 0 Å². The fraction of sp³-hybridized carbons (Fsp3) is 0.133. The fourth-order valence-electron chi connectivity index (χ4n) is 1.73. The first-order valence-corrected chi connectivity index (χ1v) is 7.25. The number of methoxy groups -OCH3 is 1. The molecule has 2 aromatic rings. The summed E-state index contributed by atoms with van der Waals surface area (Å²) < 4.78 is 5.11. The van der Waals surface area contributed by atoms with Gasteiger partial charge in [-0.3, -0.25) is 4.79 Å². The van der Waals surface area contributed by atoms with Crippen LogP contribution in [0.2, 0.25) is 0 Å². The molecule has 0 aliphatic rings. The van der Waals surface area contributed by atoms with Gasteiger partial charge in [-0.1, -0.05) is 0 Å². The van der Waals surface area contributed by atoms with Gasteiger partial charge in [-0.15, -0.1) is 11.8 Å². The second kappa shape index (κ2) is 6.34. The number of ether oxygens (including phenoxy) is 1. The Bertz CT molecular complexity index is 612. The van der Waals surface area contributed by atoms with Crippen molar-refractivity contribution in [2.75, 3.05) is 24.4 Å². The zero-order valence-electron chi connectivity index (χ0n) is 11.3. The summed E-state index contributed by atoms with van der Waals surface area (Å²) in [7, 11) is 1.52. The lowest BCUT2D eigenvalue weighted by Crippen LogP contribution is -2.12. The van der Waals surface area contributed by atoms with E-state index in [1.807, 2.05) is 30.5 Å². The highest BCUT2D eigenvalue weighted by molar-refractivity contribution is 7.98. The normalized spacial score (nSPS) is 10.1. The molecular formula is C15H16N2O2S. The Morgan fingerprint density at radius 1 is 1.20 bits per heavy atom. The molecule has 0 fully saturated rings. The smallest absolute Gasteiger partial charge is 0.255 e. The Kier molecular flexibility index (Phi) is 4.53. The molecule has 5 heteroatoms. The van der Waals surface area contributed by atoms with Gasteiger partial charge >= 0.3 is 0 Å². The molecule has 0 heterocycles. The van der Waals surface area contributed by atoms with E-state index in [1.165, 1.54) is 7.11 Å². The van der Waals surface area contributed by atoms with Crippen molar-refractivity contribution in [2.45, 2.75) is 4.90 Å². The van der Waals surface area contributed by atoms with Gasteiger partial charge in [0.25, 0.3) is 5.91 Å². The first-order chi connectivity index (χ1) is 9.63. The van der Waals surface area contributed by atoms with E-state index < -0.39 is 0 Å². The van der Waals surface area contributed by atoms with Crippen LogP contribution in [0.1, 0.15) is 10.4 Å². The average Bonchev–Trinajstić information content (AvgIpc) is 2.48. The number of nitrogen functional groups attached to an aromatic ring is 1. The number of carbonyl (C=O) groups excluding carboxylic acids is 1. The van der Waals surface area contributed by atoms with Crippen molar-refractivity contribution in [3.8, 4) is 5.75 Å². The highest BCUT2D eigenvalue weighted by Crippen LogP contribution is 2.23. The highest BCUT2D eigenvalue weighted by Gasteiger charge is 2.09. The van der Waals surface area contributed by atoms with Crippen LogP contribution in [0.5, 0.6) is 5.75 Å². The molecule has 0 aliphatic carbocycles. The van der Waals surface area contributed by atoms with E-state index in [-0.39, 0.29) is 5.91 Å². The third kappa shape index (κ3) is 3.24. The Labute approximate surface area is 122 Å². The van der Waals surface area contributed by atoms with Crippen molar-refractivity contribution in [1.29, 1.82) is 0 Å². The monoisotopic (exact) mass is 288 g/mol. The van der Waals surface area contributed by atoms with Crippen molar-refractivity contribution in [3.05, 3.63) is 48.0 Å². The van der Waals surface area contributed by atoms with Gasteiger partial charge in [0.2, 0.25) is 0 Å². The zero-order valence-corrected chi connectivity index (χ0v) is 12.2. The van der Waals surface area contributed by atoms with Crippen molar-refractivity contribution < 1.29 is 9.53 Å². The molecule has 2 rings (SSSR count). The number of carbonyl (C=O) groups is 1. The van der Waals surface area contributed by atoms with Gasteiger partial charge in [0, 0.05) is 16.1 Å². The SMILES string of the molecule is COc1cc(C(=O)Nc2ccc(SC)cc2)ccc1N. The number of benzene rings is 2. The lowest BCUT2D eigenvalue weighted by molar-refractivity contribution is 0.102. The number of rotatable bonds is 4. The molecule has 0 saturated carbocycles. The first-order valence-electron chi connectivity index (χ1n) is 6.03. The molecule has 0 saturated heterocycles. The minimum absolute atomic E-state index is 0.194. The van der Waals surface area contributed by atoms with Gasteiger partial charge in [0.1, 0.15) is 5.75 Å². The van der Waals surface area contributed by atoms with Crippen molar-refractivity contribution in [1.82, 2.24) is 0 Å². The van der Waals surface area contributed by atoms with E-state index in [0.29, 0.717) is 17.0 Å². The molecule has 0 spiro atoms. The fourth-order valence-corrected chi connectivity index (χ4v) is 2.14. The maximum absolute atomic E-state index is 12.1. The number of amides is 1. The number of anilines is 2. The number of hydrogen-bond acceptors (Lipinski definition) is 4. The molecule has 3 N–H and O–H groups in total. The minimum atomic E-state index is -0.194. The summed E-state index contributed by atoms with van der Waals surface area (Å²) in [5.41, 5.74) is 7.49.